The number of nitrogens with two attached hydrogens (primary N) is 1. The van der Waals surface area contributed by atoms with Gasteiger partial charge in [-0.25, -0.2) is 4.39 Å². The van der Waals surface area contributed by atoms with Gasteiger partial charge in [-0.1, -0.05) is 0 Å². The van der Waals surface area contributed by atoms with E-state index in [9.17, 15) is 9.18 Å². The SMILES string of the molecule is Cl.NC/C(=C\F)Cn1c(Br)c2c(c1Br)C(=O)N(C1CC1)CC2. The zero-order valence-electron chi connectivity index (χ0n) is 11.8. The number of fused-ring (bicyclic) bond motifs is 1. The molecular weight excluding hydrogens is 440 g/mol. The van der Waals surface area contributed by atoms with Gasteiger partial charge in [-0.3, -0.25) is 4.79 Å². The van der Waals surface area contributed by atoms with Crippen molar-refractivity contribution in [3.05, 3.63) is 32.2 Å². The maximum atomic E-state index is 12.8. The molecular formula is C14H17Br2ClFN3O. The van der Waals surface area contributed by atoms with E-state index in [1.807, 2.05) is 9.47 Å². The van der Waals surface area contributed by atoms with Crippen LogP contribution in [0, 0.1) is 0 Å². The lowest BCUT2D eigenvalue weighted by Gasteiger charge is -2.27. The molecule has 1 amide bonds. The Morgan fingerprint density at radius 2 is 2.05 bits per heavy atom. The first-order valence-corrected chi connectivity index (χ1v) is 8.52. The summed E-state index contributed by atoms with van der Waals surface area (Å²) >= 11 is 7.05. The molecule has 2 N–H and O–H groups in total. The van der Waals surface area contributed by atoms with E-state index in [2.05, 4.69) is 31.9 Å². The molecule has 2 aliphatic rings. The first-order valence-electron chi connectivity index (χ1n) is 6.94. The first kappa shape index (κ1) is 18.0. The van der Waals surface area contributed by atoms with Crippen molar-refractivity contribution in [1.82, 2.24) is 9.47 Å². The second-order valence-corrected chi connectivity index (χ2v) is 6.97. The van der Waals surface area contributed by atoms with Crippen molar-refractivity contribution < 1.29 is 9.18 Å². The topological polar surface area (TPSA) is 51.3 Å². The monoisotopic (exact) mass is 455 g/mol. The summed E-state index contributed by atoms with van der Waals surface area (Å²) in [6.45, 7) is 1.24. The smallest absolute Gasteiger partial charge is 0.257 e. The average Bonchev–Trinajstić information content (AvgIpc) is 3.28. The van der Waals surface area contributed by atoms with Gasteiger partial charge in [-0.2, -0.15) is 0 Å². The molecule has 22 heavy (non-hydrogen) atoms. The molecule has 0 bridgehead atoms. The highest BCUT2D eigenvalue weighted by molar-refractivity contribution is 9.11. The Balaban J connectivity index is 0.00000176. The fraction of sp³-hybridized carbons (Fsp3) is 0.500. The number of carbonyl (C=O) groups is 1. The quantitative estimate of drug-likeness (QED) is 0.754. The highest BCUT2D eigenvalue weighted by Crippen LogP contribution is 2.39. The largest absolute Gasteiger partial charge is 0.335 e. The lowest BCUT2D eigenvalue weighted by atomic mass is 10.0. The van der Waals surface area contributed by atoms with E-state index in [-0.39, 0.29) is 24.9 Å². The van der Waals surface area contributed by atoms with Gasteiger partial charge in [0.25, 0.3) is 5.91 Å². The third-order valence-electron chi connectivity index (χ3n) is 4.07. The Kier molecular flexibility index (Phi) is 5.74. The van der Waals surface area contributed by atoms with Crippen molar-refractivity contribution in [3.8, 4) is 0 Å². The van der Waals surface area contributed by atoms with Crippen molar-refractivity contribution in [3.63, 3.8) is 0 Å². The van der Waals surface area contributed by atoms with Crippen molar-refractivity contribution in [2.45, 2.75) is 31.8 Å². The van der Waals surface area contributed by atoms with E-state index in [0.717, 1.165) is 36.0 Å². The number of carbonyl (C=O) groups excluding carboxylic acids is 1. The number of hydrogen-bond donors (Lipinski definition) is 1. The number of aromatic nitrogens is 1. The van der Waals surface area contributed by atoms with Crippen LogP contribution in [0.15, 0.2) is 21.1 Å². The van der Waals surface area contributed by atoms with E-state index >= 15 is 0 Å². The summed E-state index contributed by atoms with van der Waals surface area (Å²) in [5, 5.41) is 0. The Morgan fingerprint density at radius 1 is 1.36 bits per heavy atom. The lowest BCUT2D eigenvalue weighted by Crippen LogP contribution is -2.38. The van der Waals surface area contributed by atoms with Crippen LogP contribution in [0.4, 0.5) is 4.39 Å². The highest BCUT2D eigenvalue weighted by atomic mass is 79.9. The van der Waals surface area contributed by atoms with Gasteiger partial charge < -0.3 is 15.2 Å². The number of rotatable bonds is 4. The fourth-order valence-electron chi connectivity index (χ4n) is 2.75. The Morgan fingerprint density at radius 3 is 2.59 bits per heavy atom. The van der Waals surface area contributed by atoms with Crippen LogP contribution in [-0.4, -0.2) is 34.5 Å². The number of amides is 1. The predicted molar refractivity (Wildman–Crippen MR) is 93.1 cm³/mol. The fourth-order valence-corrected chi connectivity index (χ4v) is 4.40. The lowest BCUT2D eigenvalue weighted by molar-refractivity contribution is 0.0726. The second-order valence-electron chi connectivity index (χ2n) is 5.47. The molecule has 0 atom stereocenters. The van der Waals surface area contributed by atoms with Crippen LogP contribution in [0.3, 0.4) is 0 Å². The number of halogens is 4. The summed E-state index contributed by atoms with van der Waals surface area (Å²) in [4.78, 5) is 14.6. The standard InChI is InChI=1S/C14H16Br2FN3O.ClH/c15-12-10-3-4-19(9-1-2-9)14(21)11(10)13(16)20(12)7-8(5-17)6-18;/h5,9H,1-4,6-7,18H2;1H/b8-5+;. The molecule has 4 nitrogen and oxygen atoms in total. The zero-order chi connectivity index (χ0) is 15.1. The summed E-state index contributed by atoms with van der Waals surface area (Å²) in [6, 6.07) is 0.407. The van der Waals surface area contributed by atoms with E-state index in [1.165, 1.54) is 0 Å². The minimum absolute atomic E-state index is 0. The van der Waals surface area contributed by atoms with Gasteiger partial charge in [0.05, 0.1) is 21.1 Å². The van der Waals surface area contributed by atoms with Crippen molar-refractivity contribution in [2.75, 3.05) is 13.1 Å². The second kappa shape index (κ2) is 7.03. The normalized spacial score (nSPS) is 18.3. The molecule has 0 unspecified atom stereocenters. The molecule has 122 valence electrons. The van der Waals surface area contributed by atoms with Crippen LogP contribution in [-0.2, 0) is 13.0 Å². The maximum absolute atomic E-state index is 12.8. The molecule has 1 saturated carbocycles. The molecule has 1 fully saturated rings. The molecule has 1 aliphatic heterocycles. The summed E-state index contributed by atoms with van der Waals surface area (Å²) in [7, 11) is 0. The van der Waals surface area contributed by atoms with Gasteiger partial charge in [0.1, 0.15) is 0 Å². The molecule has 3 rings (SSSR count). The molecule has 8 heteroatoms. The summed E-state index contributed by atoms with van der Waals surface area (Å²) in [5.41, 5.74) is 7.71. The van der Waals surface area contributed by atoms with Crippen LogP contribution in [0.5, 0.6) is 0 Å². The third kappa shape index (κ3) is 3.00. The molecule has 0 spiro atoms. The summed E-state index contributed by atoms with van der Waals surface area (Å²) < 4.78 is 16.2. The predicted octanol–water partition coefficient (Wildman–Crippen LogP) is 3.41. The zero-order valence-corrected chi connectivity index (χ0v) is 15.8. The number of hydrogen-bond acceptors (Lipinski definition) is 2. The highest BCUT2D eigenvalue weighted by Gasteiger charge is 2.39. The van der Waals surface area contributed by atoms with Gasteiger partial charge in [0.2, 0.25) is 0 Å². The third-order valence-corrected chi connectivity index (χ3v) is 5.81. The Labute approximate surface area is 151 Å². The minimum Gasteiger partial charge on any atom is -0.335 e. The summed E-state index contributed by atoms with van der Waals surface area (Å²) in [6.07, 6.45) is 3.56. The van der Waals surface area contributed by atoms with E-state index in [1.54, 1.807) is 0 Å². The maximum Gasteiger partial charge on any atom is 0.257 e. The molecule has 1 aliphatic carbocycles. The van der Waals surface area contributed by atoms with Crippen LogP contribution in [0.1, 0.15) is 28.8 Å². The van der Waals surface area contributed by atoms with Gasteiger partial charge in [0.15, 0.2) is 0 Å². The first-order chi connectivity index (χ1) is 10.1. The molecule has 1 aromatic heterocycles. The van der Waals surface area contributed by atoms with Crippen LogP contribution in [0.2, 0.25) is 0 Å². The molecule has 2 heterocycles. The molecule has 0 saturated heterocycles. The van der Waals surface area contributed by atoms with Crippen LogP contribution in [0.25, 0.3) is 0 Å². The minimum atomic E-state index is 0. The van der Waals surface area contributed by atoms with E-state index < -0.39 is 0 Å². The van der Waals surface area contributed by atoms with Crippen molar-refractivity contribution in [2.24, 2.45) is 5.73 Å². The summed E-state index contributed by atoms with van der Waals surface area (Å²) in [5.74, 6) is 0.0728. The van der Waals surface area contributed by atoms with Gasteiger partial charge in [0, 0.05) is 31.2 Å². The molecule has 1 aromatic rings. The average molecular weight is 458 g/mol. The van der Waals surface area contributed by atoms with Crippen LogP contribution < -0.4 is 5.73 Å². The van der Waals surface area contributed by atoms with Crippen molar-refractivity contribution in [1.29, 1.82) is 0 Å². The van der Waals surface area contributed by atoms with E-state index in [4.69, 9.17) is 5.73 Å². The molecule has 0 aromatic carbocycles. The van der Waals surface area contributed by atoms with Gasteiger partial charge in [-0.15, -0.1) is 12.4 Å². The Bertz CT molecular complexity index is 628. The van der Waals surface area contributed by atoms with E-state index in [0.29, 0.717) is 34.7 Å². The number of nitrogens with zero attached hydrogens (tertiary/aromatic N) is 2. The van der Waals surface area contributed by atoms with Gasteiger partial charge >= 0.3 is 0 Å². The Hall–Kier alpha value is -0.370. The molecule has 0 radical (unpaired) electrons. The van der Waals surface area contributed by atoms with Crippen LogP contribution >= 0.6 is 44.3 Å². The van der Waals surface area contributed by atoms with Crippen molar-refractivity contribution >= 4 is 50.2 Å². The van der Waals surface area contributed by atoms with Gasteiger partial charge in [-0.05, 0) is 56.7 Å².